The van der Waals surface area contributed by atoms with Crippen LogP contribution in [0.15, 0.2) is 34.3 Å². The lowest BCUT2D eigenvalue weighted by molar-refractivity contribution is -0.116. The van der Waals surface area contributed by atoms with Gasteiger partial charge < -0.3 is 11.1 Å². The van der Waals surface area contributed by atoms with Gasteiger partial charge in [-0.25, -0.2) is 4.68 Å². The summed E-state index contributed by atoms with van der Waals surface area (Å²) < 4.78 is 1.78. The van der Waals surface area contributed by atoms with E-state index in [0.717, 1.165) is 17.7 Å². The minimum absolute atomic E-state index is 0.150. The van der Waals surface area contributed by atoms with Gasteiger partial charge in [0.25, 0.3) is 0 Å². The number of thioether (sulfide) groups is 2. The first kappa shape index (κ1) is 17.7. The van der Waals surface area contributed by atoms with E-state index in [2.05, 4.69) is 20.8 Å². The molecule has 0 spiro atoms. The number of carbonyl (C=O) groups excluding carboxylic acids is 2. The Morgan fingerprint density at radius 1 is 1.40 bits per heavy atom. The molecule has 1 aliphatic rings. The molecular weight excluding hydrogens is 360 g/mol. The second-order valence-corrected chi connectivity index (χ2v) is 7.96. The SMILES string of the molecule is CC(Sc1nnnn1C1CC1)C(=O)Nc1ccccc1SCC(N)=O. The molecule has 1 atom stereocenters. The second-order valence-electron chi connectivity index (χ2n) is 5.64. The zero-order valence-corrected chi connectivity index (χ0v) is 15.2. The molecule has 1 aliphatic carbocycles. The number of tetrazole rings is 1. The summed E-state index contributed by atoms with van der Waals surface area (Å²) in [6, 6.07) is 7.68. The lowest BCUT2D eigenvalue weighted by atomic mass is 10.3. The summed E-state index contributed by atoms with van der Waals surface area (Å²) >= 11 is 2.63. The van der Waals surface area contributed by atoms with Gasteiger partial charge >= 0.3 is 0 Å². The van der Waals surface area contributed by atoms with Crippen molar-refractivity contribution in [3.8, 4) is 0 Å². The zero-order chi connectivity index (χ0) is 17.8. The van der Waals surface area contributed by atoms with Gasteiger partial charge in [0.15, 0.2) is 0 Å². The fourth-order valence-electron chi connectivity index (χ4n) is 2.10. The molecule has 2 amide bonds. The maximum Gasteiger partial charge on any atom is 0.237 e. The molecule has 3 rings (SSSR count). The molecule has 1 fully saturated rings. The Kier molecular flexibility index (Phi) is 5.59. The quantitative estimate of drug-likeness (QED) is 0.672. The van der Waals surface area contributed by atoms with E-state index < -0.39 is 5.91 Å². The molecule has 8 nitrogen and oxygen atoms in total. The largest absolute Gasteiger partial charge is 0.369 e. The standard InChI is InChI=1S/C15H18N6O2S2/c1-9(25-15-18-19-20-21(15)10-6-7-10)14(23)17-11-4-2-3-5-12(11)24-8-13(16)22/h2-5,9-10H,6-8H2,1H3,(H2,16,22)(H,17,23). The predicted molar refractivity (Wildman–Crippen MR) is 96.4 cm³/mol. The molecule has 2 aromatic rings. The number of nitrogens with one attached hydrogen (secondary N) is 1. The summed E-state index contributed by atoms with van der Waals surface area (Å²) in [6.07, 6.45) is 2.15. The van der Waals surface area contributed by atoms with Crippen LogP contribution in [0.5, 0.6) is 0 Å². The van der Waals surface area contributed by atoms with Gasteiger partial charge in [-0.3, -0.25) is 9.59 Å². The van der Waals surface area contributed by atoms with E-state index in [1.165, 1.54) is 23.5 Å². The molecule has 0 saturated heterocycles. The Labute approximate surface area is 153 Å². The third kappa shape index (κ3) is 4.73. The van der Waals surface area contributed by atoms with Crippen molar-refractivity contribution >= 4 is 41.0 Å². The van der Waals surface area contributed by atoms with Crippen LogP contribution in [0.1, 0.15) is 25.8 Å². The summed E-state index contributed by atoms with van der Waals surface area (Å²) in [5.74, 6) is -0.391. The summed E-state index contributed by atoms with van der Waals surface area (Å²) in [5.41, 5.74) is 5.85. The topological polar surface area (TPSA) is 116 Å². The maximum absolute atomic E-state index is 12.5. The number of aromatic nitrogens is 4. The molecule has 1 aromatic carbocycles. The van der Waals surface area contributed by atoms with Crippen molar-refractivity contribution in [3.63, 3.8) is 0 Å². The number of primary amides is 1. The van der Waals surface area contributed by atoms with E-state index in [1.54, 1.807) is 10.7 Å². The van der Waals surface area contributed by atoms with Crippen LogP contribution >= 0.6 is 23.5 Å². The smallest absolute Gasteiger partial charge is 0.237 e. The summed E-state index contributed by atoms with van der Waals surface area (Å²) in [7, 11) is 0. The maximum atomic E-state index is 12.5. The Morgan fingerprint density at radius 3 is 2.88 bits per heavy atom. The monoisotopic (exact) mass is 378 g/mol. The molecule has 1 saturated carbocycles. The van der Waals surface area contributed by atoms with Crippen molar-refractivity contribution in [2.24, 2.45) is 5.73 Å². The number of para-hydroxylation sites is 1. The van der Waals surface area contributed by atoms with Crippen molar-refractivity contribution in [2.45, 2.75) is 41.1 Å². The number of hydrogen-bond donors (Lipinski definition) is 2. The Morgan fingerprint density at radius 2 is 2.16 bits per heavy atom. The minimum Gasteiger partial charge on any atom is -0.369 e. The molecule has 10 heteroatoms. The number of nitrogens with zero attached hydrogens (tertiary/aromatic N) is 4. The summed E-state index contributed by atoms with van der Waals surface area (Å²) in [5, 5.41) is 14.9. The molecule has 1 unspecified atom stereocenters. The number of anilines is 1. The molecular formula is C15H18N6O2S2. The average molecular weight is 378 g/mol. The molecule has 25 heavy (non-hydrogen) atoms. The van der Waals surface area contributed by atoms with Gasteiger partial charge in [-0.15, -0.1) is 16.9 Å². The average Bonchev–Trinajstić information content (AvgIpc) is 3.33. The molecule has 3 N–H and O–H groups in total. The number of carbonyl (C=O) groups is 2. The van der Waals surface area contributed by atoms with E-state index in [0.29, 0.717) is 16.9 Å². The van der Waals surface area contributed by atoms with Gasteiger partial charge in [0, 0.05) is 4.90 Å². The molecule has 0 bridgehead atoms. The predicted octanol–water partition coefficient (Wildman–Crippen LogP) is 1.70. The summed E-state index contributed by atoms with van der Waals surface area (Å²) in [4.78, 5) is 24.3. The number of nitrogens with two attached hydrogens (primary N) is 1. The fraction of sp³-hybridized carbons (Fsp3) is 0.400. The van der Waals surface area contributed by atoms with Crippen LogP contribution in [0.25, 0.3) is 0 Å². The number of rotatable bonds is 8. The Balaban J connectivity index is 1.63. The number of benzene rings is 1. The molecule has 0 aliphatic heterocycles. The highest BCUT2D eigenvalue weighted by Gasteiger charge is 2.29. The van der Waals surface area contributed by atoms with Gasteiger partial charge in [-0.05, 0) is 42.3 Å². The van der Waals surface area contributed by atoms with Gasteiger partial charge in [0.05, 0.1) is 22.7 Å². The van der Waals surface area contributed by atoms with E-state index in [1.807, 2.05) is 25.1 Å². The van der Waals surface area contributed by atoms with Crippen LogP contribution in [0, 0.1) is 0 Å². The number of hydrogen-bond acceptors (Lipinski definition) is 7. The van der Waals surface area contributed by atoms with Gasteiger partial charge in [-0.2, -0.15) is 0 Å². The highest BCUT2D eigenvalue weighted by atomic mass is 32.2. The fourth-order valence-corrected chi connectivity index (χ4v) is 3.71. The third-order valence-corrected chi connectivity index (χ3v) is 5.66. The lowest BCUT2D eigenvalue weighted by Gasteiger charge is -2.14. The normalized spacial score (nSPS) is 14.9. The lowest BCUT2D eigenvalue weighted by Crippen LogP contribution is -2.23. The minimum atomic E-state index is -0.401. The van der Waals surface area contributed by atoms with Crippen LogP contribution in [-0.2, 0) is 9.59 Å². The molecule has 1 heterocycles. The van der Waals surface area contributed by atoms with Crippen LogP contribution in [0.2, 0.25) is 0 Å². The van der Waals surface area contributed by atoms with Crippen LogP contribution < -0.4 is 11.1 Å². The van der Waals surface area contributed by atoms with Gasteiger partial charge in [-0.1, -0.05) is 23.9 Å². The first-order valence-corrected chi connectivity index (χ1v) is 9.66. The van der Waals surface area contributed by atoms with Crippen molar-refractivity contribution in [1.82, 2.24) is 20.2 Å². The molecule has 0 radical (unpaired) electrons. The second kappa shape index (κ2) is 7.87. The van der Waals surface area contributed by atoms with Crippen LogP contribution in [-0.4, -0.2) is 43.0 Å². The van der Waals surface area contributed by atoms with E-state index in [9.17, 15) is 9.59 Å². The van der Waals surface area contributed by atoms with Gasteiger partial charge in [0.2, 0.25) is 17.0 Å². The van der Waals surface area contributed by atoms with Crippen molar-refractivity contribution in [2.75, 3.05) is 11.1 Å². The van der Waals surface area contributed by atoms with Crippen LogP contribution in [0.3, 0.4) is 0 Å². The van der Waals surface area contributed by atoms with E-state index in [4.69, 9.17) is 5.73 Å². The van der Waals surface area contributed by atoms with Crippen molar-refractivity contribution < 1.29 is 9.59 Å². The zero-order valence-electron chi connectivity index (χ0n) is 13.6. The first-order chi connectivity index (χ1) is 12.0. The van der Waals surface area contributed by atoms with Crippen LogP contribution in [0.4, 0.5) is 5.69 Å². The van der Waals surface area contributed by atoms with Crippen molar-refractivity contribution in [3.05, 3.63) is 24.3 Å². The molecule has 132 valence electrons. The summed E-state index contributed by atoms with van der Waals surface area (Å²) in [6.45, 7) is 1.81. The van der Waals surface area contributed by atoms with Crippen molar-refractivity contribution in [1.29, 1.82) is 0 Å². The highest BCUT2D eigenvalue weighted by Crippen LogP contribution is 2.37. The first-order valence-electron chi connectivity index (χ1n) is 7.80. The molecule has 1 aromatic heterocycles. The number of amides is 2. The Bertz CT molecular complexity index is 777. The Hall–Kier alpha value is -2.07. The van der Waals surface area contributed by atoms with E-state index in [-0.39, 0.29) is 16.9 Å². The highest BCUT2D eigenvalue weighted by molar-refractivity contribution is 8.00. The van der Waals surface area contributed by atoms with E-state index >= 15 is 0 Å². The third-order valence-electron chi connectivity index (χ3n) is 3.52. The van der Waals surface area contributed by atoms with Gasteiger partial charge in [0.1, 0.15) is 0 Å².